The Bertz CT molecular complexity index is 347. The van der Waals surface area contributed by atoms with Gasteiger partial charge in [-0.2, -0.15) is 0 Å². The van der Waals surface area contributed by atoms with Crippen LogP contribution in [0.3, 0.4) is 0 Å². The van der Waals surface area contributed by atoms with Crippen LogP contribution in [0.4, 0.5) is 0 Å². The second kappa shape index (κ2) is 6.66. The van der Waals surface area contributed by atoms with E-state index in [9.17, 15) is 0 Å². The van der Waals surface area contributed by atoms with Crippen molar-refractivity contribution in [1.82, 2.24) is 10.4 Å². The Morgan fingerprint density at radius 3 is 2.69 bits per heavy atom. The molecule has 1 heterocycles. The minimum absolute atomic E-state index is 0.120. The van der Waals surface area contributed by atoms with E-state index < -0.39 is 0 Å². The van der Waals surface area contributed by atoms with E-state index in [1.807, 2.05) is 19.9 Å². The van der Waals surface area contributed by atoms with Crippen molar-refractivity contribution >= 4 is 31.9 Å². The Labute approximate surface area is 112 Å². The maximum Gasteiger partial charge on any atom is 0.0876 e. The van der Waals surface area contributed by atoms with Crippen LogP contribution in [0, 0.1) is 0 Å². The minimum Gasteiger partial charge on any atom is -0.377 e. The maximum atomic E-state index is 5.52. The summed E-state index contributed by atoms with van der Waals surface area (Å²) in [5.74, 6) is 5.50. The van der Waals surface area contributed by atoms with Gasteiger partial charge in [-0.15, -0.1) is 0 Å². The number of nitrogens with zero attached hydrogens (tertiary/aromatic N) is 1. The molecular formula is C10H15Br2N3O. The van der Waals surface area contributed by atoms with Crippen LogP contribution in [0.15, 0.2) is 21.2 Å². The summed E-state index contributed by atoms with van der Waals surface area (Å²) in [7, 11) is 0. The van der Waals surface area contributed by atoms with E-state index in [1.54, 1.807) is 6.20 Å². The Morgan fingerprint density at radius 1 is 1.50 bits per heavy atom. The average molecular weight is 353 g/mol. The Kier molecular flexibility index (Phi) is 5.85. The number of rotatable bonds is 5. The SMILES string of the molecule is CC(C)OCC(NN)c1ncc(Br)cc1Br. The fourth-order valence-electron chi connectivity index (χ4n) is 1.18. The zero-order chi connectivity index (χ0) is 12.1. The van der Waals surface area contributed by atoms with Crippen molar-refractivity contribution < 1.29 is 4.74 Å². The van der Waals surface area contributed by atoms with Crippen molar-refractivity contribution in [3.05, 3.63) is 26.9 Å². The average Bonchev–Trinajstić information content (AvgIpc) is 2.21. The number of pyridine rings is 1. The molecule has 0 bridgehead atoms. The number of hydrazine groups is 1. The molecule has 0 aromatic carbocycles. The molecule has 1 aromatic rings. The summed E-state index contributed by atoms with van der Waals surface area (Å²) in [6, 6.07) is 1.81. The molecule has 0 aliphatic rings. The maximum absolute atomic E-state index is 5.52. The summed E-state index contributed by atoms with van der Waals surface area (Å²) in [5.41, 5.74) is 3.54. The molecule has 16 heavy (non-hydrogen) atoms. The van der Waals surface area contributed by atoms with E-state index >= 15 is 0 Å². The molecule has 0 saturated carbocycles. The fourth-order valence-corrected chi connectivity index (χ4v) is 2.44. The van der Waals surface area contributed by atoms with E-state index in [-0.39, 0.29) is 12.1 Å². The van der Waals surface area contributed by atoms with Crippen LogP contribution in [-0.4, -0.2) is 17.7 Å². The highest BCUT2D eigenvalue weighted by Gasteiger charge is 2.15. The highest BCUT2D eigenvalue weighted by atomic mass is 79.9. The topological polar surface area (TPSA) is 60.2 Å². The van der Waals surface area contributed by atoms with Gasteiger partial charge in [0.2, 0.25) is 0 Å². The predicted molar refractivity (Wildman–Crippen MR) is 70.8 cm³/mol. The third-order valence-electron chi connectivity index (χ3n) is 1.96. The molecule has 90 valence electrons. The van der Waals surface area contributed by atoms with Crippen molar-refractivity contribution in [3.63, 3.8) is 0 Å². The van der Waals surface area contributed by atoms with Gasteiger partial charge in [0.1, 0.15) is 0 Å². The van der Waals surface area contributed by atoms with Gasteiger partial charge in [0.05, 0.1) is 24.4 Å². The van der Waals surface area contributed by atoms with Crippen molar-refractivity contribution in [2.24, 2.45) is 5.84 Å². The first-order valence-electron chi connectivity index (χ1n) is 4.93. The van der Waals surface area contributed by atoms with Crippen LogP contribution in [0.1, 0.15) is 25.6 Å². The first kappa shape index (κ1) is 14.1. The summed E-state index contributed by atoms with van der Waals surface area (Å²) in [6.07, 6.45) is 1.91. The van der Waals surface area contributed by atoms with Crippen LogP contribution in [-0.2, 0) is 4.74 Å². The number of aromatic nitrogens is 1. The van der Waals surface area contributed by atoms with Gasteiger partial charge in [0.15, 0.2) is 0 Å². The van der Waals surface area contributed by atoms with E-state index in [2.05, 4.69) is 42.3 Å². The van der Waals surface area contributed by atoms with Gasteiger partial charge in [0, 0.05) is 15.1 Å². The molecule has 1 aromatic heterocycles. The lowest BCUT2D eigenvalue weighted by atomic mass is 10.2. The summed E-state index contributed by atoms with van der Waals surface area (Å²) >= 11 is 6.81. The van der Waals surface area contributed by atoms with Gasteiger partial charge in [-0.05, 0) is 51.8 Å². The molecule has 0 aliphatic heterocycles. The van der Waals surface area contributed by atoms with Crippen molar-refractivity contribution in [1.29, 1.82) is 0 Å². The molecular weight excluding hydrogens is 338 g/mol. The quantitative estimate of drug-likeness (QED) is 0.631. The van der Waals surface area contributed by atoms with Crippen molar-refractivity contribution in [2.75, 3.05) is 6.61 Å². The van der Waals surface area contributed by atoms with Crippen LogP contribution >= 0.6 is 31.9 Å². The Balaban J connectivity index is 2.78. The largest absolute Gasteiger partial charge is 0.377 e. The second-order valence-corrected chi connectivity index (χ2v) is 5.39. The molecule has 0 saturated heterocycles. The second-order valence-electron chi connectivity index (χ2n) is 3.62. The molecule has 0 fully saturated rings. The molecule has 4 nitrogen and oxygen atoms in total. The lowest BCUT2D eigenvalue weighted by molar-refractivity contribution is 0.0602. The standard InChI is InChI=1S/C10H15Br2N3O/c1-6(2)16-5-9(15-13)10-8(12)3-7(11)4-14-10/h3-4,6,9,15H,5,13H2,1-2H3. The molecule has 3 N–H and O–H groups in total. The number of nitrogens with one attached hydrogen (secondary N) is 1. The molecule has 0 radical (unpaired) electrons. The van der Waals surface area contributed by atoms with Crippen LogP contribution < -0.4 is 11.3 Å². The molecule has 1 rings (SSSR count). The predicted octanol–water partition coefficient (Wildman–Crippen LogP) is 2.54. The number of hydrogen-bond donors (Lipinski definition) is 2. The number of nitrogens with two attached hydrogens (primary N) is 1. The van der Waals surface area contributed by atoms with E-state index in [1.165, 1.54) is 0 Å². The zero-order valence-corrected chi connectivity index (χ0v) is 12.4. The normalized spacial score (nSPS) is 13.1. The van der Waals surface area contributed by atoms with Crippen LogP contribution in [0.25, 0.3) is 0 Å². The molecule has 1 unspecified atom stereocenters. The summed E-state index contributed by atoms with van der Waals surface area (Å²) in [5, 5.41) is 0. The molecule has 0 amide bonds. The fraction of sp³-hybridized carbons (Fsp3) is 0.500. The van der Waals surface area contributed by atoms with Gasteiger partial charge >= 0.3 is 0 Å². The van der Waals surface area contributed by atoms with Crippen LogP contribution in [0.5, 0.6) is 0 Å². The lowest BCUT2D eigenvalue weighted by Crippen LogP contribution is -2.33. The summed E-state index contributed by atoms with van der Waals surface area (Å²) in [6.45, 7) is 4.46. The van der Waals surface area contributed by atoms with E-state index in [0.29, 0.717) is 6.61 Å². The van der Waals surface area contributed by atoms with Gasteiger partial charge in [0.25, 0.3) is 0 Å². The Hall–Kier alpha value is -0.0100. The van der Waals surface area contributed by atoms with E-state index in [0.717, 1.165) is 14.6 Å². The lowest BCUT2D eigenvalue weighted by Gasteiger charge is -2.18. The zero-order valence-electron chi connectivity index (χ0n) is 9.21. The molecule has 0 spiro atoms. The Morgan fingerprint density at radius 2 is 2.19 bits per heavy atom. The van der Waals surface area contributed by atoms with E-state index in [4.69, 9.17) is 10.6 Å². The first-order chi connectivity index (χ1) is 7.54. The van der Waals surface area contributed by atoms with Gasteiger partial charge in [-0.3, -0.25) is 10.8 Å². The molecule has 6 heteroatoms. The van der Waals surface area contributed by atoms with Gasteiger partial charge < -0.3 is 4.74 Å². The monoisotopic (exact) mass is 351 g/mol. The van der Waals surface area contributed by atoms with Gasteiger partial charge in [-0.25, -0.2) is 5.43 Å². The minimum atomic E-state index is -0.120. The number of ether oxygens (including phenoxy) is 1. The number of halogens is 2. The third kappa shape index (κ3) is 4.10. The van der Waals surface area contributed by atoms with Crippen molar-refractivity contribution in [2.45, 2.75) is 26.0 Å². The smallest absolute Gasteiger partial charge is 0.0876 e. The summed E-state index contributed by atoms with van der Waals surface area (Å²) < 4.78 is 7.34. The van der Waals surface area contributed by atoms with Crippen molar-refractivity contribution in [3.8, 4) is 0 Å². The van der Waals surface area contributed by atoms with Gasteiger partial charge in [-0.1, -0.05) is 0 Å². The highest BCUT2D eigenvalue weighted by Crippen LogP contribution is 2.24. The summed E-state index contributed by atoms with van der Waals surface area (Å²) in [4.78, 5) is 4.31. The molecule has 0 aliphatic carbocycles. The van der Waals surface area contributed by atoms with Crippen LogP contribution in [0.2, 0.25) is 0 Å². The number of hydrogen-bond acceptors (Lipinski definition) is 4. The third-order valence-corrected chi connectivity index (χ3v) is 3.03. The molecule has 1 atom stereocenters. The highest BCUT2D eigenvalue weighted by molar-refractivity contribution is 9.11. The first-order valence-corrected chi connectivity index (χ1v) is 6.52.